The molecule has 0 aromatic rings. The second-order valence-electron chi connectivity index (χ2n) is 6.47. The Bertz CT molecular complexity index is 997. The molecule has 0 atom stereocenters. The van der Waals surface area contributed by atoms with Gasteiger partial charge in [-0.25, -0.2) is 0 Å². The Morgan fingerprint density at radius 1 is 0.349 bits per heavy atom. The fourth-order valence-electron chi connectivity index (χ4n) is 1.54. The van der Waals surface area contributed by atoms with Crippen LogP contribution in [0.5, 0.6) is 0 Å². The molecule has 0 spiro atoms. The van der Waals surface area contributed by atoms with Crippen molar-refractivity contribution < 1.29 is 110 Å². The fraction of sp³-hybridized carbons (Fsp3) is 0.917. The van der Waals surface area contributed by atoms with Gasteiger partial charge in [-0.1, -0.05) is 58.3 Å². The third-order valence-corrected chi connectivity index (χ3v) is 2.43. The van der Waals surface area contributed by atoms with Crippen molar-refractivity contribution in [2.75, 3.05) is 0 Å². The number of unbranched alkanes of at least 4 members (excludes halogenated alkanes) is 9. The molecule has 0 rings (SSSR count). The molecule has 0 heterocycles. The van der Waals surface area contributed by atoms with Gasteiger partial charge in [-0.05, 0) is 6.42 Å². The van der Waals surface area contributed by atoms with Gasteiger partial charge in [-0.15, -0.1) is 0 Å². The van der Waals surface area contributed by atoms with E-state index in [1.807, 2.05) is 0 Å². The highest BCUT2D eigenvalue weighted by Gasteiger charge is 1.91. The van der Waals surface area contributed by atoms with Crippen LogP contribution >= 0.6 is 0 Å². The minimum Gasteiger partial charge on any atom is -0.303 e. The van der Waals surface area contributed by atoms with E-state index in [2.05, 4.69) is 6.92 Å². The standard InChI is InChI=1S/C12H24O.6H2O4S/c1-2-3-4-5-6-7-8-9-10-11-12-13;6*1-5(2,3)4/h12H,2-11H2,1H3;6*(H2,1,2,3,4). The van der Waals surface area contributed by atoms with E-state index in [-0.39, 0.29) is 0 Å². The van der Waals surface area contributed by atoms with E-state index >= 15 is 0 Å². The van der Waals surface area contributed by atoms with Crippen LogP contribution in [0.15, 0.2) is 0 Å². The van der Waals surface area contributed by atoms with Crippen molar-refractivity contribution in [1.82, 2.24) is 0 Å². The summed E-state index contributed by atoms with van der Waals surface area (Å²) in [5.41, 5.74) is 0. The van der Waals surface area contributed by atoms with E-state index in [0.717, 1.165) is 19.1 Å². The lowest BCUT2D eigenvalue weighted by molar-refractivity contribution is -0.107. The molecule has 0 aliphatic carbocycles. The van der Waals surface area contributed by atoms with Crippen LogP contribution in [0.25, 0.3) is 0 Å². The maximum atomic E-state index is 10.0. The second kappa shape index (κ2) is 30.9. The highest BCUT2D eigenvalue weighted by Crippen LogP contribution is 2.09. The zero-order chi connectivity index (χ0) is 36.8. The van der Waals surface area contributed by atoms with Crippen LogP contribution in [-0.4, -0.2) is 111 Å². The number of hydrogen-bond donors (Lipinski definition) is 12. The number of aldehydes is 1. The van der Waals surface area contributed by atoms with Gasteiger partial charge < -0.3 is 4.79 Å². The normalized spacial score (nSPS) is 11.2. The molecule has 0 saturated carbocycles. The topological polar surface area (TPSA) is 465 Å². The highest BCUT2D eigenvalue weighted by molar-refractivity contribution is 7.81. The van der Waals surface area contributed by atoms with Crippen LogP contribution in [0, 0.1) is 0 Å². The fourth-order valence-corrected chi connectivity index (χ4v) is 1.54. The number of rotatable bonds is 10. The van der Waals surface area contributed by atoms with Gasteiger partial charge in [0.05, 0.1) is 0 Å². The molecule has 12 N–H and O–H groups in total. The van der Waals surface area contributed by atoms with Crippen molar-refractivity contribution in [3.05, 3.63) is 0 Å². The first-order valence-electron chi connectivity index (χ1n) is 10.0. The molecule has 31 heteroatoms. The van der Waals surface area contributed by atoms with Gasteiger partial charge >= 0.3 is 62.4 Å². The molecule has 0 fully saturated rings. The number of hydrogen-bond acceptors (Lipinski definition) is 13. The average Bonchev–Trinajstić information content (AvgIpc) is 2.58. The minimum absolute atomic E-state index is 0.760. The molecule has 0 amide bonds. The Hall–Kier alpha value is -1.11. The molecule has 43 heavy (non-hydrogen) atoms. The largest absolute Gasteiger partial charge is 0.394 e. The Kier molecular flexibility index (Phi) is 41.3. The predicted octanol–water partition coefficient (Wildman–Crippen LogP) is 0.189. The summed E-state index contributed by atoms with van der Waals surface area (Å²) in [4.78, 5) is 10.0. The molecular weight excluding hydrogens is 737 g/mol. The van der Waals surface area contributed by atoms with E-state index in [0.29, 0.717) is 0 Å². The number of carbonyl (C=O) groups excluding carboxylic acids is 1. The lowest BCUT2D eigenvalue weighted by atomic mass is 10.1. The summed E-state index contributed by atoms with van der Waals surface area (Å²) < 4.78 is 190. The molecule has 270 valence electrons. The summed E-state index contributed by atoms with van der Waals surface area (Å²) >= 11 is 0. The first-order valence-corrected chi connectivity index (χ1v) is 18.4. The van der Waals surface area contributed by atoms with Crippen LogP contribution in [-0.2, 0) is 67.2 Å². The Morgan fingerprint density at radius 3 is 0.628 bits per heavy atom. The zero-order valence-electron chi connectivity index (χ0n) is 21.8. The van der Waals surface area contributed by atoms with Crippen LogP contribution in [0.4, 0.5) is 0 Å². The van der Waals surface area contributed by atoms with Gasteiger partial charge in [0.2, 0.25) is 0 Å². The van der Waals surface area contributed by atoms with Gasteiger partial charge in [0.1, 0.15) is 6.29 Å². The monoisotopic (exact) mass is 772 g/mol. The maximum Gasteiger partial charge on any atom is 0.394 e. The molecule has 0 aromatic heterocycles. The summed E-state index contributed by atoms with van der Waals surface area (Å²) in [6, 6.07) is 0. The molecule has 25 nitrogen and oxygen atoms in total. The van der Waals surface area contributed by atoms with E-state index in [1.54, 1.807) is 0 Å². The van der Waals surface area contributed by atoms with Gasteiger partial charge in [0, 0.05) is 6.42 Å². The summed E-state index contributed by atoms with van der Waals surface area (Å²) in [6.45, 7) is 2.25. The van der Waals surface area contributed by atoms with Crippen LogP contribution in [0.2, 0.25) is 0 Å². The highest BCUT2D eigenvalue weighted by atomic mass is 32.3. The maximum absolute atomic E-state index is 10.0. The average molecular weight is 773 g/mol. The molecule has 0 saturated heterocycles. The van der Waals surface area contributed by atoms with Gasteiger partial charge in [-0.2, -0.15) is 50.5 Å². The van der Waals surface area contributed by atoms with Crippen molar-refractivity contribution in [2.45, 2.75) is 71.1 Å². The SMILES string of the molecule is CCCCCCCCCCCC=O.O=S(=O)(O)O.O=S(=O)(O)O.O=S(=O)(O)O.O=S(=O)(O)O.O=S(=O)(O)O.O=S(=O)(O)O. The van der Waals surface area contributed by atoms with Crippen molar-refractivity contribution >= 4 is 68.7 Å². The molecule has 0 aliphatic heterocycles. The third kappa shape index (κ3) is 783. The predicted molar refractivity (Wildman–Crippen MR) is 143 cm³/mol. The van der Waals surface area contributed by atoms with Gasteiger partial charge in [0.25, 0.3) is 0 Å². The quantitative estimate of drug-likeness (QED) is 0.0800. The Morgan fingerprint density at radius 2 is 0.488 bits per heavy atom. The van der Waals surface area contributed by atoms with Crippen LogP contribution in [0.1, 0.15) is 71.1 Å². The number of carbonyl (C=O) groups is 1. The Labute approximate surface area is 249 Å². The van der Waals surface area contributed by atoms with Crippen molar-refractivity contribution in [3.63, 3.8) is 0 Å². The van der Waals surface area contributed by atoms with E-state index in [1.165, 1.54) is 51.4 Å². The molecule has 0 aliphatic rings. The Balaban J connectivity index is -0.0000000743. The van der Waals surface area contributed by atoms with E-state index in [4.69, 9.17) is 105 Å². The first-order chi connectivity index (χ1) is 18.4. The zero-order valence-corrected chi connectivity index (χ0v) is 26.7. The third-order valence-electron chi connectivity index (χ3n) is 2.43. The van der Waals surface area contributed by atoms with Gasteiger partial charge in [-0.3, -0.25) is 54.6 Å². The van der Waals surface area contributed by atoms with Crippen LogP contribution < -0.4 is 0 Å². The smallest absolute Gasteiger partial charge is 0.303 e. The second-order valence-corrected chi connectivity index (χ2v) is 11.8. The molecule has 0 aromatic carbocycles. The van der Waals surface area contributed by atoms with Crippen molar-refractivity contribution in [3.8, 4) is 0 Å². The van der Waals surface area contributed by atoms with E-state index < -0.39 is 62.4 Å². The lowest BCUT2D eigenvalue weighted by Gasteiger charge is -1.99. The van der Waals surface area contributed by atoms with Crippen molar-refractivity contribution in [1.29, 1.82) is 0 Å². The summed E-state index contributed by atoms with van der Waals surface area (Å²) in [5, 5.41) is 0. The summed E-state index contributed by atoms with van der Waals surface area (Å²) in [6.07, 6.45) is 13.7. The summed E-state index contributed by atoms with van der Waals surface area (Å²) in [7, 11) is -28.0. The molecule has 0 bridgehead atoms. The first kappa shape index (κ1) is 57.5. The van der Waals surface area contributed by atoms with E-state index in [9.17, 15) is 4.79 Å². The summed E-state index contributed by atoms with van der Waals surface area (Å²) in [5.74, 6) is 0. The minimum atomic E-state index is -4.67. The molecule has 0 unspecified atom stereocenters. The molecular formula is C12H36O25S6. The lowest BCUT2D eigenvalue weighted by Crippen LogP contribution is -1.89. The van der Waals surface area contributed by atoms with Crippen LogP contribution in [0.3, 0.4) is 0 Å². The van der Waals surface area contributed by atoms with Crippen molar-refractivity contribution in [2.24, 2.45) is 0 Å². The molecule has 0 radical (unpaired) electrons. The van der Waals surface area contributed by atoms with Gasteiger partial charge in [0.15, 0.2) is 0 Å².